The number of hydrogen-bond donors (Lipinski definition) is 1. The van der Waals surface area contributed by atoms with E-state index in [1.165, 1.54) is 6.21 Å². The van der Waals surface area contributed by atoms with E-state index in [2.05, 4.69) is 26.5 Å². The molecule has 3 aromatic carbocycles. The molecule has 0 atom stereocenters. The van der Waals surface area contributed by atoms with Crippen molar-refractivity contribution in [3.8, 4) is 17.2 Å². The number of methoxy groups -OCH3 is 2. The Morgan fingerprint density at radius 1 is 1.10 bits per heavy atom. The molecular weight excluding hydrogens is 484 g/mol. The van der Waals surface area contributed by atoms with Crippen LogP contribution in [0.1, 0.15) is 21.5 Å². The topological polar surface area (TPSA) is 69.2 Å². The smallest absolute Gasteiger partial charge is 0.271 e. The molecule has 0 aliphatic heterocycles. The quantitative estimate of drug-likeness (QED) is 0.327. The summed E-state index contributed by atoms with van der Waals surface area (Å²) in [6, 6.07) is 17.8. The summed E-state index contributed by atoms with van der Waals surface area (Å²) in [4.78, 5) is 12.2. The highest BCUT2D eigenvalue weighted by Crippen LogP contribution is 2.37. The first-order chi connectivity index (χ1) is 15.0. The van der Waals surface area contributed by atoms with E-state index < -0.39 is 0 Å². The normalized spacial score (nSPS) is 10.7. The number of halogens is 2. The van der Waals surface area contributed by atoms with Gasteiger partial charge >= 0.3 is 0 Å². The lowest BCUT2D eigenvalue weighted by molar-refractivity contribution is 0.0955. The van der Waals surface area contributed by atoms with Crippen LogP contribution in [0.25, 0.3) is 0 Å². The summed E-state index contributed by atoms with van der Waals surface area (Å²) in [5, 5.41) is 4.65. The van der Waals surface area contributed by atoms with Crippen LogP contribution in [-0.4, -0.2) is 26.3 Å². The maximum absolute atomic E-state index is 12.2. The Balaban J connectivity index is 1.68. The standard InChI is InChI=1S/C23H20BrClN2O4/c1-29-18-9-7-16(8-10-18)23(28)27-26-13-15-11-19(24)22(21(12-15)30-2)31-14-17-5-3-4-6-20(17)25/h3-13H,14H2,1-2H3,(H,27,28)/b26-13-. The zero-order valence-corrected chi connectivity index (χ0v) is 19.2. The summed E-state index contributed by atoms with van der Waals surface area (Å²) in [6.07, 6.45) is 1.52. The number of amides is 1. The van der Waals surface area contributed by atoms with Gasteiger partial charge in [-0.25, -0.2) is 5.43 Å². The molecule has 6 nitrogen and oxygen atoms in total. The molecule has 8 heteroatoms. The van der Waals surface area contributed by atoms with E-state index in [0.29, 0.717) is 44.5 Å². The number of hydrazone groups is 1. The summed E-state index contributed by atoms with van der Waals surface area (Å²) < 4.78 is 17.1. The molecule has 0 unspecified atom stereocenters. The molecule has 0 aromatic heterocycles. The Hall–Kier alpha value is -3.03. The number of benzene rings is 3. The van der Waals surface area contributed by atoms with Crippen LogP contribution in [0.3, 0.4) is 0 Å². The van der Waals surface area contributed by atoms with Crippen LogP contribution < -0.4 is 19.6 Å². The summed E-state index contributed by atoms with van der Waals surface area (Å²) in [5.41, 5.74) is 4.55. The largest absolute Gasteiger partial charge is 0.497 e. The monoisotopic (exact) mass is 502 g/mol. The highest BCUT2D eigenvalue weighted by atomic mass is 79.9. The molecule has 0 spiro atoms. The van der Waals surface area contributed by atoms with Gasteiger partial charge in [-0.3, -0.25) is 4.79 Å². The number of nitrogens with one attached hydrogen (secondary N) is 1. The van der Waals surface area contributed by atoms with Crippen molar-refractivity contribution < 1.29 is 19.0 Å². The third-order valence-electron chi connectivity index (χ3n) is 4.31. The van der Waals surface area contributed by atoms with E-state index >= 15 is 0 Å². The van der Waals surface area contributed by atoms with Crippen LogP contribution in [-0.2, 0) is 6.61 Å². The number of rotatable bonds is 8. The highest BCUT2D eigenvalue weighted by Gasteiger charge is 2.12. The zero-order valence-electron chi connectivity index (χ0n) is 16.9. The van der Waals surface area contributed by atoms with Crippen molar-refractivity contribution in [1.29, 1.82) is 0 Å². The van der Waals surface area contributed by atoms with Crippen LogP contribution in [0.15, 0.2) is 70.2 Å². The Morgan fingerprint density at radius 2 is 1.84 bits per heavy atom. The van der Waals surface area contributed by atoms with Crippen LogP contribution in [0.5, 0.6) is 17.2 Å². The molecule has 0 saturated heterocycles. The highest BCUT2D eigenvalue weighted by molar-refractivity contribution is 9.10. The van der Waals surface area contributed by atoms with E-state index in [1.54, 1.807) is 44.6 Å². The molecule has 0 fully saturated rings. The number of carbonyl (C=O) groups is 1. The molecule has 0 radical (unpaired) electrons. The van der Waals surface area contributed by atoms with E-state index in [1.807, 2.05) is 30.3 Å². The van der Waals surface area contributed by atoms with Gasteiger partial charge in [-0.2, -0.15) is 5.10 Å². The first kappa shape index (κ1) is 22.7. The van der Waals surface area contributed by atoms with Crippen molar-refractivity contribution in [2.75, 3.05) is 14.2 Å². The molecule has 1 N–H and O–H groups in total. The fourth-order valence-corrected chi connectivity index (χ4v) is 3.46. The first-order valence-corrected chi connectivity index (χ1v) is 10.4. The molecule has 3 rings (SSSR count). The van der Waals surface area contributed by atoms with Crippen molar-refractivity contribution in [2.45, 2.75) is 6.61 Å². The number of hydrogen-bond acceptors (Lipinski definition) is 5. The third kappa shape index (κ3) is 5.99. The summed E-state index contributed by atoms with van der Waals surface area (Å²) in [6.45, 7) is 0.292. The van der Waals surface area contributed by atoms with E-state index in [-0.39, 0.29) is 5.91 Å². The lowest BCUT2D eigenvalue weighted by Gasteiger charge is -2.14. The Kier molecular flexibility index (Phi) is 7.92. The number of carbonyl (C=O) groups excluding carboxylic acids is 1. The molecule has 3 aromatic rings. The molecule has 0 saturated carbocycles. The van der Waals surface area contributed by atoms with Gasteiger partial charge in [-0.15, -0.1) is 0 Å². The fraction of sp³-hybridized carbons (Fsp3) is 0.130. The molecule has 31 heavy (non-hydrogen) atoms. The van der Waals surface area contributed by atoms with Gasteiger partial charge in [0.05, 0.1) is 24.9 Å². The molecule has 0 aliphatic rings. The second-order valence-electron chi connectivity index (χ2n) is 6.34. The lowest BCUT2D eigenvalue weighted by atomic mass is 10.2. The van der Waals surface area contributed by atoms with E-state index in [0.717, 1.165) is 5.56 Å². The molecule has 0 aliphatic carbocycles. The summed E-state index contributed by atoms with van der Waals surface area (Å²) in [5.74, 6) is 1.41. The Labute approximate surface area is 193 Å². The van der Waals surface area contributed by atoms with Gasteiger partial charge in [0, 0.05) is 16.1 Å². The van der Waals surface area contributed by atoms with Crippen molar-refractivity contribution in [2.24, 2.45) is 5.10 Å². The van der Waals surface area contributed by atoms with Gasteiger partial charge in [0.15, 0.2) is 11.5 Å². The van der Waals surface area contributed by atoms with Crippen molar-refractivity contribution in [3.05, 3.63) is 86.8 Å². The minimum atomic E-state index is -0.329. The average Bonchev–Trinajstić information content (AvgIpc) is 2.79. The maximum atomic E-state index is 12.2. The number of nitrogens with zero attached hydrogens (tertiary/aromatic N) is 1. The third-order valence-corrected chi connectivity index (χ3v) is 5.27. The molecule has 1 amide bonds. The van der Waals surface area contributed by atoms with Crippen LogP contribution in [0, 0.1) is 0 Å². The van der Waals surface area contributed by atoms with Crippen LogP contribution in [0.4, 0.5) is 0 Å². The van der Waals surface area contributed by atoms with Crippen LogP contribution >= 0.6 is 27.5 Å². The van der Waals surface area contributed by atoms with Crippen molar-refractivity contribution in [3.63, 3.8) is 0 Å². The van der Waals surface area contributed by atoms with E-state index in [9.17, 15) is 4.79 Å². The predicted octanol–water partition coefficient (Wildman–Crippen LogP) is 5.46. The van der Waals surface area contributed by atoms with Crippen molar-refractivity contribution in [1.82, 2.24) is 5.43 Å². The van der Waals surface area contributed by atoms with Crippen molar-refractivity contribution >= 4 is 39.7 Å². The van der Waals surface area contributed by atoms with Crippen LogP contribution in [0.2, 0.25) is 5.02 Å². The molecule has 0 heterocycles. The average molecular weight is 504 g/mol. The maximum Gasteiger partial charge on any atom is 0.271 e. The summed E-state index contributed by atoms with van der Waals surface area (Å²) >= 11 is 9.69. The fourth-order valence-electron chi connectivity index (χ4n) is 2.69. The molecule has 160 valence electrons. The molecule has 0 bridgehead atoms. The minimum absolute atomic E-state index is 0.292. The van der Waals surface area contributed by atoms with Gasteiger partial charge in [-0.05, 0) is 64.0 Å². The Bertz CT molecular complexity index is 1090. The second-order valence-corrected chi connectivity index (χ2v) is 7.60. The van der Waals surface area contributed by atoms with Gasteiger partial charge in [0.2, 0.25) is 0 Å². The SMILES string of the molecule is COc1ccc(C(=O)N/N=C\c2cc(Br)c(OCc3ccccc3Cl)c(OC)c2)cc1. The van der Waals surface area contributed by atoms with Gasteiger partial charge in [0.1, 0.15) is 12.4 Å². The number of ether oxygens (including phenoxy) is 3. The molecular formula is C23H20BrClN2O4. The van der Waals surface area contributed by atoms with Gasteiger partial charge in [-0.1, -0.05) is 29.8 Å². The first-order valence-electron chi connectivity index (χ1n) is 9.23. The zero-order chi connectivity index (χ0) is 22.2. The Morgan fingerprint density at radius 3 is 2.52 bits per heavy atom. The summed E-state index contributed by atoms with van der Waals surface area (Å²) in [7, 11) is 3.12. The predicted molar refractivity (Wildman–Crippen MR) is 125 cm³/mol. The lowest BCUT2D eigenvalue weighted by Crippen LogP contribution is -2.17. The van der Waals surface area contributed by atoms with Gasteiger partial charge in [0.25, 0.3) is 5.91 Å². The minimum Gasteiger partial charge on any atom is -0.497 e. The van der Waals surface area contributed by atoms with Gasteiger partial charge < -0.3 is 14.2 Å². The second kappa shape index (κ2) is 10.8. The van der Waals surface area contributed by atoms with E-state index in [4.69, 9.17) is 25.8 Å².